The molecule has 3 fully saturated rings. The molecule has 2 bridgehead atoms. The van der Waals surface area contributed by atoms with Crippen molar-refractivity contribution in [2.75, 3.05) is 27.3 Å². The van der Waals surface area contributed by atoms with E-state index in [-0.39, 0.29) is 34.8 Å². The molecule has 6 nitrogen and oxygen atoms in total. The highest BCUT2D eigenvalue weighted by molar-refractivity contribution is 5.81. The van der Waals surface area contributed by atoms with E-state index >= 15 is 0 Å². The fourth-order valence-electron chi connectivity index (χ4n) is 8.01. The van der Waals surface area contributed by atoms with Crippen molar-refractivity contribution in [2.45, 2.75) is 43.2 Å². The van der Waals surface area contributed by atoms with E-state index in [2.05, 4.69) is 17.0 Å². The molecule has 7 rings (SSSR count). The Kier molecular flexibility index (Phi) is 3.11. The van der Waals surface area contributed by atoms with Crippen molar-refractivity contribution in [3.8, 4) is 11.5 Å². The number of nitrogens with zero attached hydrogens (tertiary/aromatic N) is 1. The first-order valence-corrected chi connectivity index (χ1v) is 11.2. The van der Waals surface area contributed by atoms with Crippen LogP contribution in [0.5, 0.6) is 11.5 Å². The van der Waals surface area contributed by atoms with Crippen LogP contribution in [0, 0.1) is 23.2 Å². The zero-order valence-electron chi connectivity index (χ0n) is 17.4. The third-order valence-electron chi connectivity index (χ3n) is 9.14. The SMILES string of the molecule is COC1=CC2[C@H](C(=O)O)C23C2Cc4ccc(OC)c5c4C3(CCN2CC2CC2)C1O5. The maximum Gasteiger partial charge on any atom is 0.307 e. The number of allylic oxidation sites excluding steroid dienone is 1. The van der Waals surface area contributed by atoms with Gasteiger partial charge in [-0.15, -0.1) is 0 Å². The van der Waals surface area contributed by atoms with Crippen molar-refractivity contribution >= 4 is 5.97 Å². The summed E-state index contributed by atoms with van der Waals surface area (Å²) in [7, 11) is 3.36. The number of aliphatic carboxylic acids is 1. The fourth-order valence-corrected chi connectivity index (χ4v) is 8.01. The van der Waals surface area contributed by atoms with E-state index in [0.717, 1.165) is 49.1 Å². The molecule has 5 unspecified atom stereocenters. The van der Waals surface area contributed by atoms with Gasteiger partial charge in [0, 0.05) is 29.5 Å². The van der Waals surface area contributed by atoms with E-state index in [4.69, 9.17) is 14.2 Å². The van der Waals surface area contributed by atoms with Crippen LogP contribution in [0.2, 0.25) is 0 Å². The van der Waals surface area contributed by atoms with Gasteiger partial charge in [-0.25, -0.2) is 0 Å². The largest absolute Gasteiger partial charge is 0.497 e. The summed E-state index contributed by atoms with van der Waals surface area (Å²) in [6.45, 7) is 2.10. The Bertz CT molecular complexity index is 1020. The van der Waals surface area contributed by atoms with Gasteiger partial charge >= 0.3 is 5.97 Å². The molecule has 2 saturated carbocycles. The topological polar surface area (TPSA) is 68.2 Å². The van der Waals surface area contributed by atoms with Gasteiger partial charge in [0.25, 0.3) is 0 Å². The van der Waals surface area contributed by atoms with Gasteiger partial charge < -0.3 is 19.3 Å². The number of likely N-dealkylation sites (tertiary alicyclic amines) is 1. The summed E-state index contributed by atoms with van der Waals surface area (Å²) >= 11 is 0. The van der Waals surface area contributed by atoms with E-state index < -0.39 is 5.97 Å². The number of hydrogen-bond acceptors (Lipinski definition) is 5. The monoisotopic (exact) mass is 409 g/mol. The molecule has 0 radical (unpaired) electrons. The summed E-state index contributed by atoms with van der Waals surface area (Å²) in [5.41, 5.74) is 1.86. The lowest BCUT2D eigenvalue weighted by molar-refractivity contribution is -0.142. The number of rotatable bonds is 5. The van der Waals surface area contributed by atoms with Crippen LogP contribution in [-0.2, 0) is 21.4 Å². The summed E-state index contributed by atoms with van der Waals surface area (Å²) in [6, 6.07) is 4.44. The van der Waals surface area contributed by atoms with E-state index in [0.29, 0.717) is 0 Å². The van der Waals surface area contributed by atoms with Gasteiger partial charge in [0.05, 0.1) is 25.6 Å². The normalized spacial score (nSPS) is 41.9. The summed E-state index contributed by atoms with van der Waals surface area (Å²) in [5.74, 6) is 2.08. The number of piperidine rings is 1. The van der Waals surface area contributed by atoms with Gasteiger partial charge in [0.15, 0.2) is 17.6 Å². The molecule has 1 aromatic carbocycles. The van der Waals surface area contributed by atoms with Gasteiger partial charge in [0.1, 0.15) is 5.76 Å². The second kappa shape index (κ2) is 5.34. The predicted octanol–water partition coefficient (Wildman–Crippen LogP) is 2.60. The van der Waals surface area contributed by atoms with Crippen LogP contribution < -0.4 is 9.47 Å². The number of carboxylic acids is 1. The average molecular weight is 409 g/mol. The quantitative estimate of drug-likeness (QED) is 0.806. The van der Waals surface area contributed by atoms with Crippen molar-refractivity contribution in [3.63, 3.8) is 0 Å². The van der Waals surface area contributed by atoms with Crippen molar-refractivity contribution in [3.05, 3.63) is 35.1 Å². The molecule has 30 heavy (non-hydrogen) atoms. The van der Waals surface area contributed by atoms with Gasteiger partial charge in [-0.1, -0.05) is 6.07 Å². The van der Waals surface area contributed by atoms with Crippen LogP contribution in [0.1, 0.15) is 30.4 Å². The molecule has 6 heteroatoms. The Morgan fingerprint density at radius 3 is 2.83 bits per heavy atom. The molecule has 2 aliphatic heterocycles. The van der Waals surface area contributed by atoms with Gasteiger partial charge in [-0.05, 0) is 55.9 Å². The highest BCUT2D eigenvalue weighted by atomic mass is 16.6. The number of hydrogen-bond donors (Lipinski definition) is 1. The zero-order valence-corrected chi connectivity index (χ0v) is 17.4. The van der Waals surface area contributed by atoms with E-state index in [9.17, 15) is 9.90 Å². The minimum Gasteiger partial charge on any atom is -0.497 e. The number of methoxy groups -OCH3 is 2. The number of benzene rings is 1. The minimum atomic E-state index is -0.676. The molecular formula is C24H27NO5. The van der Waals surface area contributed by atoms with Crippen LogP contribution in [0.3, 0.4) is 0 Å². The Labute approximate surface area is 175 Å². The number of carboxylic acid groups (broad SMARTS) is 1. The lowest BCUT2D eigenvalue weighted by atomic mass is 9.50. The summed E-state index contributed by atoms with van der Waals surface area (Å²) in [4.78, 5) is 15.2. The lowest BCUT2D eigenvalue weighted by Gasteiger charge is -2.59. The first-order valence-electron chi connectivity index (χ1n) is 11.2. The van der Waals surface area contributed by atoms with Gasteiger partial charge in [-0.3, -0.25) is 9.69 Å². The smallest absolute Gasteiger partial charge is 0.307 e. The van der Waals surface area contributed by atoms with Crippen LogP contribution in [0.25, 0.3) is 0 Å². The molecule has 1 N–H and O–H groups in total. The van der Waals surface area contributed by atoms with Gasteiger partial charge in [0.2, 0.25) is 0 Å². The fraction of sp³-hybridized carbons (Fsp3) is 0.625. The Morgan fingerprint density at radius 1 is 1.30 bits per heavy atom. The molecule has 1 saturated heterocycles. The molecule has 6 atom stereocenters. The van der Waals surface area contributed by atoms with Crippen LogP contribution >= 0.6 is 0 Å². The van der Waals surface area contributed by atoms with Crippen LogP contribution in [-0.4, -0.2) is 55.4 Å². The molecule has 0 amide bonds. The molecule has 2 spiro atoms. The zero-order chi connectivity index (χ0) is 20.4. The van der Waals surface area contributed by atoms with E-state index in [1.165, 1.54) is 24.0 Å². The molecule has 158 valence electrons. The molecule has 4 aliphatic carbocycles. The number of ether oxygens (including phenoxy) is 3. The maximum atomic E-state index is 12.5. The van der Waals surface area contributed by atoms with Crippen molar-refractivity contribution in [2.24, 2.45) is 23.2 Å². The summed E-state index contributed by atoms with van der Waals surface area (Å²) in [5, 5.41) is 10.3. The Balaban J connectivity index is 1.50. The Morgan fingerprint density at radius 2 is 2.13 bits per heavy atom. The first kappa shape index (κ1) is 17.5. The highest BCUT2D eigenvalue weighted by Gasteiger charge is 2.87. The van der Waals surface area contributed by atoms with Crippen LogP contribution in [0.4, 0.5) is 0 Å². The van der Waals surface area contributed by atoms with Crippen molar-refractivity contribution < 1.29 is 24.1 Å². The third-order valence-corrected chi connectivity index (χ3v) is 9.14. The third kappa shape index (κ3) is 1.69. The minimum absolute atomic E-state index is 0.00195. The summed E-state index contributed by atoms with van der Waals surface area (Å²) in [6.07, 6.45) is 6.25. The molecule has 6 aliphatic rings. The molecular weight excluding hydrogens is 382 g/mol. The number of carbonyl (C=O) groups is 1. The van der Waals surface area contributed by atoms with Crippen molar-refractivity contribution in [1.82, 2.24) is 4.90 Å². The van der Waals surface area contributed by atoms with Crippen molar-refractivity contribution in [1.29, 1.82) is 0 Å². The standard InChI is InChI=1S/C24H27NO5/c1-28-15-6-5-13-9-17-24-14(19(24)22(26)27)10-16(29-2)21-23(24,18(13)20(15)30-21)7-8-25(17)11-12-3-4-12/h5-6,10,12,14,17,19,21H,3-4,7-9,11H2,1-2H3,(H,26,27)/t14?,17?,19-,21?,23?,24?/m1/s1. The lowest BCUT2D eigenvalue weighted by Crippen LogP contribution is -2.67. The predicted molar refractivity (Wildman–Crippen MR) is 108 cm³/mol. The maximum absolute atomic E-state index is 12.5. The first-order chi connectivity index (χ1) is 14.6. The van der Waals surface area contributed by atoms with E-state index in [1.54, 1.807) is 14.2 Å². The molecule has 1 aromatic rings. The summed E-state index contributed by atoms with van der Waals surface area (Å²) < 4.78 is 18.1. The highest BCUT2D eigenvalue weighted by Crippen LogP contribution is 2.82. The molecule has 2 heterocycles. The van der Waals surface area contributed by atoms with Crippen LogP contribution in [0.15, 0.2) is 24.0 Å². The van der Waals surface area contributed by atoms with E-state index in [1.807, 2.05) is 6.07 Å². The van der Waals surface area contributed by atoms with Gasteiger partial charge in [-0.2, -0.15) is 0 Å². The second-order valence-electron chi connectivity index (χ2n) is 10.1. The average Bonchev–Trinajstić information content (AvgIpc) is 3.63. The molecule has 0 aromatic heterocycles. The second-order valence-corrected chi connectivity index (χ2v) is 10.1. The Hall–Kier alpha value is -2.21.